The Hall–Kier alpha value is -0.500. The Morgan fingerprint density at radius 1 is 1.33 bits per heavy atom. The van der Waals surface area contributed by atoms with Crippen LogP contribution in [0.2, 0.25) is 5.15 Å². The summed E-state index contributed by atoms with van der Waals surface area (Å²) in [6, 6.07) is 0.545. The van der Waals surface area contributed by atoms with E-state index in [1.54, 1.807) is 0 Å². The highest BCUT2D eigenvalue weighted by molar-refractivity contribution is 6.30. The van der Waals surface area contributed by atoms with Gasteiger partial charge in [-0.3, -0.25) is 4.68 Å². The molecule has 0 saturated heterocycles. The summed E-state index contributed by atoms with van der Waals surface area (Å²) in [4.78, 5) is 0. The molecule has 15 heavy (non-hydrogen) atoms. The number of aryl methyl sites for hydroxylation is 1. The second-order valence-electron chi connectivity index (χ2n) is 4.83. The van der Waals surface area contributed by atoms with Gasteiger partial charge in [-0.25, -0.2) is 0 Å². The van der Waals surface area contributed by atoms with Crippen LogP contribution in [0.25, 0.3) is 0 Å². The Labute approximate surface area is 96.6 Å². The van der Waals surface area contributed by atoms with Crippen molar-refractivity contribution in [1.82, 2.24) is 9.78 Å². The third kappa shape index (κ3) is 1.92. The molecule has 0 aromatic carbocycles. The van der Waals surface area contributed by atoms with Crippen molar-refractivity contribution in [3.05, 3.63) is 16.4 Å². The highest BCUT2D eigenvalue weighted by Gasteiger charge is 2.23. The Kier molecular flexibility index (Phi) is 3.06. The van der Waals surface area contributed by atoms with Gasteiger partial charge in [-0.2, -0.15) is 5.10 Å². The van der Waals surface area contributed by atoms with Crippen LogP contribution in [0.1, 0.15) is 62.7 Å². The molecule has 1 saturated carbocycles. The molecular formula is C12H19ClN2. The lowest BCUT2D eigenvalue weighted by atomic mass is 10.1. The van der Waals surface area contributed by atoms with Gasteiger partial charge in [0.15, 0.2) is 0 Å². The molecule has 1 aromatic heterocycles. The summed E-state index contributed by atoms with van der Waals surface area (Å²) < 4.78 is 2.05. The second-order valence-corrected chi connectivity index (χ2v) is 5.19. The van der Waals surface area contributed by atoms with Crippen LogP contribution in [0.4, 0.5) is 0 Å². The zero-order valence-corrected chi connectivity index (χ0v) is 10.5. The van der Waals surface area contributed by atoms with Crippen LogP contribution in [0.5, 0.6) is 0 Å². The molecule has 0 amide bonds. The maximum atomic E-state index is 6.41. The molecule has 0 atom stereocenters. The second kappa shape index (κ2) is 4.17. The van der Waals surface area contributed by atoms with E-state index in [-0.39, 0.29) is 0 Å². The summed E-state index contributed by atoms with van der Waals surface area (Å²) in [6.45, 7) is 6.41. The lowest BCUT2D eigenvalue weighted by Gasteiger charge is -2.11. The maximum absolute atomic E-state index is 6.41. The SMILES string of the molecule is Cc1nn(C2CCCC2)c(Cl)c1C(C)C. The van der Waals surface area contributed by atoms with E-state index in [1.165, 1.54) is 31.2 Å². The Morgan fingerprint density at radius 3 is 2.40 bits per heavy atom. The van der Waals surface area contributed by atoms with Gasteiger partial charge in [0.2, 0.25) is 0 Å². The molecule has 1 fully saturated rings. The van der Waals surface area contributed by atoms with E-state index in [9.17, 15) is 0 Å². The molecule has 2 rings (SSSR count). The molecule has 0 radical (unpaired) electrons. The molecule has 3 heteroatoms. The number of hydrogen-bond donors (Lipinski definition) is 0. The van der Waals surface area contributed by atoms with Gasteiger partial charge < -0.3 is 0 Å². The lowest BCUT2D eigenvalue weighted by molar-refractivity contribution is 0.465. The molecule has 1 aromatic rings. The lowest BCUT2D eigenvalue weighted by Crippen LogP contribution is -2.06. The predicted octanol–water partition coefficient (Wildman–Crippen LogP) is 4.08. The Bertz CT molecular complexity index is 349. The number of rotatable bonds is 2. The summed E-state index contributed by atoms with van der Waals surface area (Å²) in [6.07, 6.45) is 5.10. The summed E-state index contributed by atoms with van der Waals surface area (Å²) >= 11 is 6.41. The Morgan fingerprint density at radius 2 is 1.93 bits per heavy atom. The van der Waals surface area contributed by atoms with E-state index >= 15 is 0 Å². The molecule has 0 spiro atoms. The summed E-state index contributed by atoms with van der Waals surface area (Å²) in [5.74, 6) is 0.465. The molecule has 2 nitrogen and oxygen atoms in total. The van der Waals surface area contributed by atoms with Crippen molar-refractivity contribution in [1.29, 1.82) is 0 Å². The number of nitrogens with zero attached hydrogens (tertiary/aromatic N) is 2. The topological polar surface area (TPSA) is 17.8 Å². The van der Waals surface area contributed by atoms with Gasteiger partial charge >= 0.3 is 0 Å². The molecule has 1 aliphatic rings. The standard InChI is InChI=1S/C12H19ClN2/c1-8(2)11-9(3)14-15(12(11)13)10-6-4-5-7-10/h8,10H,4-7H2,1-3H3. The minimum absolute atomic E-state index is 0.465. The van der Waals surface area contributed by atoms with E-state index in [2.05, 4.69) is 30.6 Å². The van der Waals surface area contributed by atoms with E-state index in [1.807, 2.05) is 0 Å². The van der Waals surface area contributed by atoms with Crippen LogP contribution in [0, 0.1) is 6.92 Å². The molecule has 84 valence electrons. The predicted molar refractivity (Wildman–Crippen MR) is 63.6 cm³/mol. The van der Waals surface area contributed by atoms with Crippen LogP contribution in [-0.2, 0) is 0 Å². The molecule has 1 heterocycles. The molecule has 0 N–H and O–H groups in total. The first-order chi connectivity index (χ1) is 7.11. The third-order valence-electron chi connectivity index (χ3n) is 3.32. The zero-order valence-electron chi connectivity index (χ0n) is 9.76. The number of halogens is 1. The first-order valence-electron chi connectivity index (χ1n) is 5.85. The smallest absolute Gasteiger partial charge is 0.131 e. The minimum Gasteiger partial charge on any atom is -0.250 e. The van der Waals surface area contributed by atoms with Crippen molar-refractivity contribution < 1.29 is 0 Å². The largest absolute Gasteiger partial charge is 0.250 e. The summed E-state index contributed by atoms with van der Waals surface area (Å²) in [7, 11) is 0. The van der Waals surface area contributed by atoms with Crippen molar-refractivity contribution in [2.24, 2.45) is 0 Å². The molecule has 1 aliphatic carbocycles. The van der Waals surface area contributed by atoms with Gasteiger partial charge in [0.05, 0.1) is 11.7 Å². The normalized spacial score (nSPS) is 17.9. The fourth-order valence-corrected chi connectivity index (χ4v) is 3.11. The van der Waals surface area contributed by atoms with Crippen LogP contribution < -0.4 is 0 Å². The first-order valence-corrected chi connectivity index (χ1v) is 6.23. The first kappa shape index (κ1) is 11.0. The van der Waals surface area contributed by atoms with Crippen molar-refractivity contribution in [2.45, 2.75) is 58.4 Å². The molecule has 0 bridgehead atoms. The van der Waals surface area contributed by atoms with E-state index < -0.39 is 0 Å². The molecule has 0 aliphatic heterocycles. The number of aromatic nitrogens is 2. The van der Waals surface area contributed by atoms with Crippen molar-refractivity contribution in [2.75, 3.05) is 0 Å². The van der Waals surface area contributed by atoms with Gasteiger partial charge in [0, 0.05) is 5.56 Å². The average Bonchev–Trinajstić information content (AvgIpc) is 2.72. The quantitative estimate of drug-likeness (QED) is 0.743. The summed E-state index contributed by atoms with van der Waals surface area (Å²) in [5, 5.41) is 5.47. The third-order valence-corrected chi connectivity index (χ3v) is 3.70. The van der Waals surface area contributed by atoms with E-state index in [4.69, 9.17) is 11.6 Å². The van der Waals surface area contributed by atoms with Gasteiger partial charge in [0.25, 0.3) is 0 Å². The fourth-order valence-electron chi connectivity index (χ4n) is 2.58. The highest BCUT2D eigenvalue weighted by atomic mass is 35.5. The van der Waals surface area contributed by atoms with E-state index in [0.29, 0.717) is 12.0 Å². The summed E-state index contributed by atoms with van der Waals surface area (Å²) in [5.41, 5.74) is 2.32. The van der Waals surface area contributed by atoms with Crippen molar-refractivity contribution >= 4 is 11.6 Å². The van der Waals surface area contributed by atoms with Crippen LogP contribution in [0.15, 0.2) is 0 Å². The van der Waals surface area contributed by atoms with Crippen LogP contribution in [0.3, 0.4) is 0 Å². The Balaban J connectivity index is 2.36. The monoisotopic (exact) mass is 226 g/mol. The zero-order chi connectivity index (χ0) is 11.0. The molecular weight excluding hydrogens is 208 g/mol. The number of hydrogen-bond acceptors (Lipinski definition) is 1. The van der Waals surface area contributed by atoms with Gasteiger partial charge in [0.1, 0.15) is 5.15 Å². The van der Waals surface area contributed by atoms with Crippen LogP contribution >= 0.6 is 11.6 Å². The fraction of sp³-hybridized carbons (Fsp3) is 0.750. The van der Waals surface area contributed by atoms with Gasteiger partial charge in [-0.05, 0) is 25.7 Å². The average molecular weight is 227 g/mol. The van der Waals surface area contributed by atoms with Crippen molar-refractivity contribution in [3.8, 4) is 0 Å². The van der Waals surface area contributed by atoms with Gasteiger partial charge in [-0.15, -0.1) is 0 Å². The minimum atomic E-state index is 0.465. The van der Waals surface area contributed by atoms with Gasteiger partial charge in [-0.1, -0.05) is 38.3 Å². The highest BCUT2D eigenvalue weighted by Crippen LogP contribution is 2.35. The van der Waals surface area contributed by atoms with Crippen LogP contribution in [-0.4, -0.2) is 9.78 Å². The van der Waals surface area contributed by atoms with E-state index in [0.717, 1.165) is 10.8 Å². The van der Waals surface area contributed by atoms with Crippen molar-refractivity contribution in [3.63, 3.8) is 0 Å². The molecule has 0 unspecified atom stereocenters. The maximum Gasteiger partial charge on any atom is 0.131 e.